The summed E-state index contributed by atoms with van der Waals surface area (Å²) in [7, 11) is 0. The number of furan rings is 1. The number of hydrogen-bond acceptors (Lipinski definition) is 2. The lowest BCUT2D eigenvalue weighted by Gasteiger charge is -2.27. The molecule has 0 fully saturated rings. The number of halogens is 3. The van der Waals surface area contributed by atoms with Gasteiger partial charge in [0.05, 0.1) is 0 Å². The van der Waals surface area contributed by atoms with Crippen LogP contribution in [0.2, 0.25) is 0 Å². The average molecular weight is 542 g/mol. The Bertz CT molecular complexity index is 1950. The molecule has 7 rings (SSSR count). The summed E-state index contributed by atoms with van der Waals surface area (Å²) in [6, 6.07) is 38.8. The van der Waals surface area contributed by atoms with E-state index in [9.17, 15) is 4.39 Å². The molecule has 0 N–H and O–H groups in total. The van der Waals surface area contributed by atoms with Crippen LogP contribution < -0.4 is 4.90 Å². The smallest absolute Gasteiger partial charge is 0.171 e. The molecule has 0 radical (unpaired) electrons. The van der Waals surface area contributed by atoms with Crippen molar-refractivity contribution in [2.24, 2.45) is 0 Å². The van der Waals surface area contributed by atoms with E-state index >= 15 is 8.78 Å². The maximum absolute atomic E-state index is 15.2. The highest BCUT2D eigenvalue weighted by Gasteiger charge is 2.19. The summed E-state index contributed by atoms with van der Waals surface area (Å²) in [6.07, 6.45) is 0. The van der Waals surface area contributed by atoms with Crippen molar-refractivity contribution < 1.29 is 17.6 Å². The minimum absolute atomic E-state index is 0.167. The Balaban J connectivity index is 1.46. The first-order valence-electron chi connectivity index (χ1n) is 13.2. The summed E-state index contributed by atoms with van der Waals surface area (Å²) in [5.41, 5.74) is 5.28. The molecule has 0 unspecified atom stereocenters. The molecule has 0 saturated heterocycles. The third-order valence-corrected chi connectivity index (χ3v) is 7.19. The minimum atomic E-state index is -0.452. The van der Waals surface area contributed by atoms with Gasteiger partial charge in [-0.05, 0) is 76.9 Å². The number of rotatable bonds is 5. The van der Waals surface area contributed by atoms with E-state index in [0.717, 1.165) is 16.5 Å². The maximum atomic E-state index is 15.2. The molecule has 0 spiro atoms. The molecular weight excluding hydrogens is 519 g/mol. The van der Waals surface area contributed by atoms with Crippen LogP contribution in [-0.4, -0.2) is 0 Å². The van der Waals surface area contributed by atoms with E-state index in [0.29, 0.717) is 39.2 Å². The third kappa shape index (κ3) is 4.61. The van der Waals surface area contributed by atoms with Crippen LogP contribution in [0.25, 0.3) is 44.2 Å². The van der Waals surface area contributed by atoms with Gasteiger partial charge in [0.2, 0.25) is 0 Å². The minimum Gasteiger partial charge on any atom is -0.453 e. The second-order valence-electron chi connectivity index (χ2n) is 9.86. The lowest BCUT2D eigenvalue weighted by Crippen LogP contribution is -2.11. The van der Waals surface area contributed by atoms with Crippen LogP contribution >= 0.6 is 0 Å². The molecule has 0 aliphatic heterocycles. The number of benzene rings is 6. The van der Waals surface area contributed by atoms with E-state index in [2.05, 4.69) is 0 Å². The standard InChI is InChI=1S/C36H22F3NO/c37-27-16-25(23-8-3-1-4-9-23)18-30(20-27)40(31-19-26(17-28(38)21-31)24-10-5-2-6-11-24)29-14-15-32-33-12-7-13-34(39)36(33)41-35(32)22-29/h1-22H. The average Bonchev–Trinajstić information content (AvgIpc) is 3.37. The Labute approximate surface area is 234 Å². The molecule has 1 aromatic heterocycles. The van der Waals surface area contributed by atoms with Crippen molar-refractivity contribution in [3.63, 3.8) is 0 Å². The second kappa shape index (κ2) is 10.0. The van der Waals surface area contributed by atoms with Gasteiger partial charge >= 0.3 is 0 Å². The molecule has 0 aliphatic carbocycles. The Morgan fingerprint density at radius 3 is 1.61 bits per heavy atom. The quantitative estimate of drug-likeness (QED) is 0.215. The van der Waals surface area contributed by atoms with E-state index in [4.69, 9.17) is 4.42 Å². The zero-order valence-electron chi connectivity index (χ0n) is 21.7. The molecule has 41 heavy (non-hydrogen) atoms. The van der Waals surface area contributed by atoms with Gasteiger partial charge < -0.3 is 9.32 Å². The van der Waals surface area contributed by atoms with Crippen LogP contribution in [-0.2, 0) is 0 Å². The summed E-state index contributed by atoms with van der Waals surface area (Å²) in [4.78, 5) is 1.79. The van der Waals surface area contributed by atoms with Crippen LogP contribution in [0.15, 0.2) is 138 Å². The van der Waals surface area contributed by atoms with Gasteiger partial charge in [-0.3, -0.25) is 0 Å². The van der Waals surface area contributed by atoms with E-state index in [-0.39, 0.29) is 5.58 Å². The van der Waals surface area contributed by atoms with Crippen LogP contribution in [0.4, 0.5) is 30.2 Å². The molecule has 5 heteroatoms. The monoisotopic (exact) mass is 541 g/mol. The van der Waals surface area contributed by atoms with Gasteiger partial charge in [0.25, 0.3) is 0 Å². The highest BCUT2D eigenvalue weighted by atomic mass is 19.1. The molecule has 1 heterocycles. The molecule has 0 amide bonds. The zero-order valence-corrected chi connectivity index (χ0v) is 21.7. The molecule has 0 saturated carbocycles. The van der Waals surface area contributed by atoms with Crippen molar-refractivity contribution in [2.45, 2.75) is 0 Å². The normalized spacial score (nSPS) is 11.3. The first-order valence-corrected chi connectivity index (χ1v) is 13.2. The number of anilines is 3. The summed E-state index contributed by atoms with van der Waals surface area (Å²) < 4.78 is 50.9. The maximum Gasteiger partial charge on any atom is 0.171 e. The summed E-state index contributed by atoms with van der Waals surface area (Å²) >= 11 is 0. The third-order valence-electron chi connectivity index (χ3n) is 7.19. The second-order valence-corrected chi connectivity index (χ2v) is 9.86. The summed E-state index contributed by atoms with van der Waals surface area (Å²) in [6.45, 7) is 0. The Morgan fingerprint density at radius 1 is 0.439 bits per heavy atom. The van der Waals surface area contributed by atoms with Gasteiger partial charge in [-0.2, -0.15) is 0 Å². The Hall–Kier alpha value is -5.29. The van der Waals surface area contributed by atoms with Crippen molar-refractivity contribution in [1.29, 1.82) is 0 Å². The summed E-state index contributed by atoms with van der Waals surface area (Å²) in [5.74, 6) is -1.32. The van der Waals surface area contributed by atoms with Gasteiger partial charge in [-0.1, -0.05) is 72.8 Å². The van der Waals surface area contributed by atoms with Crippen LogP contribution in [0.1, 0.15) is 0 Å². The van der Waals surface area contributed by atoms with Gasteiger partial charge in [0.1, 0.15) is 17.2 Å². The van der Waals surface area contributed by atoms with Crippen molar-refractivity contribution in [2.75, 3.05) is 4.90 Å². The van der Waals surface area contributed by atoms with Gasteiger partial charge in [-0.15, -0.1) is 0 Å². The molecular formula is C36H22F3NO. The van der Waals surface area contributed by atoms with Crippen molar-refractivity contribution >= 4 is 39.0 Å². The fraction of sp³-hybridized carbons (Fsp3) is 0. The molecule has 0 bridgehead atoms. The highest BCUT2D eigenvalue weighted by molar-refractivity contribution is 6.06. The largest absolute Gasteiger partial charge is 0.453 e. The Kier molecular flexibility index (Phi) is 6.05. The van der Waals surface area contributed by atoms with Crippen LogP contribution in [0.5, 0.6) is 0 Å². The fourth-order valence-corrected chi connectivity index (χ4v) is 5.34. The topological polar surface area (TPSA) is 16.4 Å². The summed E-state index contributed by atoms with van der Waals surface area (Å²) in [5, 5.41) is 1.41. The molecule has 0 atom stereocenters. The zero-order chi connectivity index (χ0) is 27.9. The number of fused-ring (bicyclic) bond motifs is 3. The Morgan fingerprint density at radius 2 is 1.02 bits per heavy atom. The van der Waals surface area contributed by atoms with Crippen LogP contribution in [0, 0.1) is 17.5 Å². The molecule has 2 nitrogen and oxygen atoms in total. The van der Waals surface area contributed by atoms with Crippen molar-refractivity contribution in [3.05, 3.63) is 151 Å². The molecule has 198 valence electrons. The first-order chi connectivity index (χ1) is 20.0. The predicted octanol–water partition coefficient (Wildman–Crippen LogP) is 10.8. The van der Waals surface area contributed by atoms with Crippen molar-refractivity contribution in [1.82, 2.24) is 0 Å². The first kappa shape index (κ1) is 24.7. The van der Waals surface area contributed by atoms with E-state index in [1.165, 1.54) is 30.3 Å². The lowest BCUT2D eigenvalue weighted by molar-refractivity contribution is 0.584. The number of para-hydroxylation sites is 1. The van der Waals surface area contributed by atoms with E-state index in [1.807, 2.05) is 84.9 Å². The lowest BCUT2D eigenvalue weighted by atomic mass is 10.0. The van der Waals surface area contributed by atoms with Gasteiger partial charge in [0, 0.05) is 33.9 Å². The molecule has 6 aromatic carbocycles. The SMILES string of the molecule is Fc1cc(-c2ccccc2)cc(N(c2cc(F)cc(-c3ccccc3)c2)c2ccc3c(c2)oc2c(F)cccc23)c1. The molecule has 7 aromatic rings. The number of nitrogens with zero attached hydrogens (tertiary/aromatic N) is 1. The van der Waals surface area contributed by atoms with E-state index < -0.39 is 17.5 Å². The number of hydrogen-bond donors (Lipinski definition) is 0. The van der Waals surface area contributed by atoms with E-state index in [1.54, 1.807) is 23.1 Å². The fourth-order valence-electron chi connectivity index (χ4n) is 5.34. The van der Waals surface area contributed by atoms with Gasteiger partial charge in [-0.25, -0.2) is 13.2 Å². The molecule has 0 aliphatic rings. The van der Waals surface area contributed by atoms with Gasteiger partial charge in [0.15, 0.2) is 11.4 Å². The highest BCUT2D eigenvalue weighted by Crippen LogP contribution is 2.41. The van der Waals surface area contributed by atoms with Crippen LogP contribution in [0.3, 0.4) is 0 Å². The predicted molar refractivity (Wildman–Crippen MR) is 159 cm³/mol. The van der Waals surface area contributed by atoms with Crippen molar-refractivity contribution in [3.8, 4) is 22.3 Å².